The van der Waals surface area contributed by atoms with Crippen molar-refractivity contribution in [2.75, 3.05) is 0 Å². The van der Waals surface area contributed by atoms with Crippen LogP contribution in [0.4, 0.5) is 0 Å². The molecule has 0 spiro atoms. The lowest BCUT2D eigenvalue weighted by molar-refractivity contribution is 0.0868. The molecule has 0 saturated carbocycles. The van der Waals surface area contributed by atoms with Crippen molar-refractivity contribution in [3.8, 4) is 5.75 Å². The van der Waals surface area contributed by atoms with Crippen molar-refractivity contribution < 1.29 is 4.74 Å². The number of hydrogen-bond acceptors (Lipinski definition) is 1. The first-order chi connectivity index (χ1) is 9.74. The van der Waals surface area contributed by atoms with Crippen molar-refractivity contribution in [3.05, 3.63) is 35.4 Å². The van der Waals surface area contributed by atoms with Crippen LogP contribution < -0.4 is 4.74 Å². The van der Waals surface area contributed by atoms with Gasteiger partial charge >= 0.3 is 0 Å². The van der Waals surface area contributed by atoms with Crippen LogP contribution in [0, 0.1) is 5.92 Å². The van der Waals surface area contributed by atoms with Gasteiger partial charge in [-0.1, -0.05) is 45.4 Å². The monoisotopic (exact) mass is 270 g/mol. The highest BCUT2D eigenvalue weighted by Gasteiger charge is 2.41. The Morgan fingerprint density at radius 1 is 1.15 bits per heavy atom. The second kappa shape index (κ2) is 5.27. The highest BCUT2D eigenvalue weighted by atomic mass is 16.5. The largest absolute Gasteiger partial charge is 0.482 e. The molecule has 0 radical (unpaired) electrons. The van der Waals surface area contributed by atoms with Crippen molar-refractivity contribution in [1.29, 1.82) is 0 Å². The van der Waals surface area contributed by atoms with Crippen LogP contribution >= 0.6 is 0 Å². The summed E-state index contributed by atoms with van der Waals surface area (Å²) in [6.45, 7) is 6.87. The quantitative estimate of drug-likeness (QED) is 0.694. The summed E-state index contributed by atoms with van der Waals surface area (Å²) in [5.74, 6) is 1.96. The van der Waals surface area contributed by atoms with Crippen LogP contribution in [-0.2, 0) is 0 Å². The van der Waals surface area contributed by atoms with Crippen LogP contribution in [-0.4, -0.2) is 5.60 Å². The molecule has 1 unspecified atom stereocenters. The molecule has 108 valence electrons. The number of ether oxygens (including phenoxy) is 1. The van der Waals surface area contributed by atoms with E-state index in [9.17, 15) is 0 Å². The second-order valence-corrected chi connectivity index (χ2v) is 6.27. The predicted molar refractivity (Wildman–Crippen MR) is 84.9 cm³/mol. The molecule has 0 N–H and O–H groups in total. The lowest BCUT2D eigenvalue weighted by Crippen LogP contribution is -2.41. The Kier molecular flexibility index (Phi) is 3.62. The number of fused-ring (bicyclic) bond motifs is 2. The number of benzene rings is 1. The van der Waals surface area contributed by atoms with Gasteiger partial charge < -0.3 is 4.74 Å². The molecule has 0 fully saturated rings. The van der Waals surface area contributed by atoms with Gasteiger partial charge in [0, 0.05) is 5.56 Å². The minimum atomic E-state index is -0.0393. The molecule has 1 aromatic rings. The van der Waals surface area contributed by atoms with E-state index >= 15 is 0 Å². The third-order valence-corrected chi connectivity index (χ3v) is 5.45. The average molecular weight is 270 g/mol. The lowest BCUT2D eigenvalue weighted by atomic mass is 9.71. The van der Waals surface area contributed by atoms with Crippen molar-refractivity contribution in [2.45, 2.75) is 64.9 Å². The van der Waals surface area contributed by atoms with E-state index in [0.29, 0.717) is 0 Å². The van der Waals surface area contributed by atoms with Crippen molar-refractivity contribution in [1.82, 2.24) is 0 Å². The van der Waals surface area contributed by atoms with Crippen LogP contribution in [0.1, 0.15) is 64.9 Å². The Morgan fingerprint density at radius 2 is 1.90 bits per heavy atom. The molecule has 0 aromatic heterocycles. The summed E-state index contributed by atoms with van der Waals surface area (Å²) in [6, 6.07) is 8.64. The zero-order valence-electron chi connectivity index (χ0n) is 13.0. The van der Waals surface area contributed by atoms with Gasteiger partial charge in [-0.05, 0) is 55.2 Å². The van der Waals surface area contributed by atoms with E-state index < -0.39 is 0 Å². The first-order valence-corrected chi connectivity index (χ1v) is 8.25. The first kappa shape index (κ1) is 13.7. The fourth-order valence-electron chi connectivity index (χ4n) is 4.04. The lowest BCUT2D eigenvalue weighted by Gasteiger charge is -2.44. The van der Waals surface area contributed by atoms with Gasteiger partial charge in [-0.25, -0.2) is 0 Å². The molecule has 1 aliphatic heterocycles. The predicted octanol–water partition coefficient (Wildman–Crippen LogP) is 5.60. The highest BCUT2D eigenvalue weighted by Crippen LogP contribution is 2.50. The van der Waals surface area contributed by atoms with E-state index in [-0.39, 0.29) is 5.60 Å². The summed E-state index contributed by atoms with van der Waals surface area (Å²) in [7, 11) is 0. The third-order valence-electron chi connectivity index (χ3n) is 5.45. The smallest absolute Gasteiger partial charge is 0.130 e. The SMILES string of the molecule is CCC1CCC2=C(C1)c1ccccc1OC2(CC)CC. The molecule has 3 rings (SSSR count). The second-order valence-electron chi connectivity index (χ2n) is 6.27. The Bertz CT molecular complexity index is 522. The van der Waals surface area contributed by atoms with Crippen LogP contribution in [0.2, 0.25) is 0 Å². The number of hydrogen-bond donors (Lipinski definition) is 0. The van der Waals surface area contributed by atoms with Crippen molar-refractivity contribution in [3.63, 3.8) is 0 Å². The zero-order chi connectivity index (χ0) is 14.2. The van der Waals surface area contributed by atoms with Crippen molar-refractivity contribution >= 4 is 5.57 Å². The van der Waals surface area contributed by atoms with E-state index in [2.05, 4.69) is 45.0 Å². The van der Waals surface area contributed by atoms with Gasteiger partial charge in [0.05, 0.1) is 0 Å². The number of para-hydroxylation sites is 1. The minimum absolute atomic E-state index is 0.0393. The standard InChI is InChI=1S/C19H26O/c1-4-14-11-12-17-16(13-14)15-9-7-8-10-18(15)20-19(17,5-2)6-3/h7-10,14H,4-6,11-13H2,1-3H3. The van der Waals surface area contributed by atoms with Crippen LogP contribution in [0.5, 0.6) is 5.75 Å². The first-order valence-electron chi connectivity index (χ1n) is 8.25. The summed E-state index contributed by atoms with van der Waals surface area (Å²) >= 11 is 0. The topological polar surface area (TPSA) is 9.23 Å². The molecule has 1 heterocycles. The fraction of sp³-hybridized carbons (Fsp3) is 0.579. The molecular weight excluding hydrogens is 244 g/mol. The van der Waals surface area contributed by atoms with Crippen LogP contribution in [0.15, 0.2) is 29.8 Å². The maximum absolute atomic E-state index is 6.50. The molecule has 1 aliphatic carbocycles. The molecular formula is C19H26O. The normalized spacial score (nSPS) is 23.9. The summed E-state index contributed by atoms with van der Waals surface area (Å²) in [5, 5.41) is 0. The minimum Gasteiger partial charge on any atom is -0.482 e. The Morgan fingerprint density at radius 3 is 2.60 bits per heavy atom. The molecule has 0 saturated heterocycles. The van der Waals surface area contributed by atoms with E-state index in [0.717, 1.165) is 24.5 Å². The molecule has 1 atom stereocenters. The Hall–Kier alpha value is -1.24. The fourth-order valence-corrected chi connectivity index (χ4v) is 4.04. The molecule has 1 aromatic carbocycles. The zero-order valence-corrected chi connectivity index (χ0v) is 13.0. The Balaban J connectivity index is 2.14. The van der Waals surface area contributed by atoms with Crippen LogP contribution in [0.3, 0.4) is 0 Å². The van der Waals surface area contributed by atoms with E-state index in [1.54, 1.807) is 11.1 Å². The molecule has 20 heavy (non-hydrogen) atoms. The summed E-state index contributed by atoms with van der Waals surface area (Å²) < 4.78 is 6.50. The van der Waals surface area contributed by atoms with Gasteiger partial charge in [-0.15, -0.1) is 0 Å². The van der Waals surface area contributed by atoms with Crippen LogP contribution in [0.25, 0.3) is 5.57 Å². The van der Waals surface area contributed by atoms with Gasteiger partial charge in [0.25, 0.3) is 0 Å². The Labute approximate surface area is 123 Å². The van der Waals surface area contributed by atoms with Gasteiger partial charge in [0.2, 0.25) is 0 Å². The summed E-state index contributed by atoms with van der Waals surface area (Å²) in [5.41, 5.74) is 4.53. The van der Waals surface area contributed by atoms with E-state index in [1.165, 1.54) is 31.2 Å². The van der Waals surface area contributed by atoms with Gasteiger partial charge in [-0.2, -0.15) is 0 Å². The van der Waals surface area contributed by atoms with E-state index in [1.807, 2.05) is 0 Å². The van der Waals surface area contributed by atoms with Gasteiger partial charge in [0.15, 0.2) is 0 Å². The average Bonchev–Trinajstić information content (AvgIpc) is 2.53. The maximum Gasteiger partial charge on any atom is 0.130 e. The molecule has 2 aliphatic rings. The summed E-state index contributed by atoms with van der Waals surface area (Å²) in [4.78, 5) is 0. The maximum atomic E-state index is 6.50. The number of allylic oxidation sites excluding steroid dienone is 1. The van der Waals surface area contributed by atoms with Gasteiger partial charge in [0.1, 0.15) is 11.4 Å². The number of rotatable bonds is 3. The van der Waals surface area contributed by atoms with E-state index in [4.69, 9.17) is 4.74 Å². The molecule has 1 heteroatoms. The molecule has 0 bridgehead atoms. The highest BCUT2D eigenvalue weighted by molar-refractivity contribution is 5.77. The van der Waals surface area contributed by atoms with Crippen molar-refractivity contribution in [2.24, 2.45) is 5.92 Å². The molecule has 0 amide bonds. The van der Waals surface area contributed by atoms with Gasteiger partial charge in [-0.3, -0.25) is 0 Å². The summed E-state index contributed by atoms with van der Waals surface area (Å²) in [6.07, 6.45) is 7.26. The third kappa shape index (κ3) is 1.99. The molecule has 1 nitrogen and oxygen atoms in total.